The fourth-order valence-electron chi connectivity index (χ4n) is 3.19. The standard InChI is InChI=1S/C24H24N4S/c1-16(2)13-18-10-11-20-23(27-18)25-15-26-24(20)28-21-14-17(3)9-12-22(21)29-19-7-5-4-6-8-19/h4-12,14-16H,13H2,1-3H3,(H,25,26,27,28). The lowest BCUT2D eigenvalue weighted by Crippen LogP contribution is -2.01. The van der Waals surface area contributed by atoms with E-state index in [4.69, 9.17) is 4.98 Å². The molecule has 0 unspecified atom stereocenters. The van der Waals surface area contributed by atoms with E-state index >= 15 is 0 Å². The second kappa shape index (κ2) is 8.62. The first-order valence-electron chi connectivity index (χ1n) is 9.79. The third kappa shape index (κ3) is 4.74. The van der Waals surface area contributed by atoms with Gasteiger partial charge in [0.05, 0.1) is 11.1 Å². The molecule has 0 saturated carbocycles. The molecule has 0 radical (unpaired) electrons. The molecule has 29 heavy (non-hydrogen) atoms. The zero-order valence-corrected chi connectivity index (χ0v) is 17.7. The highest BCUT2D eigenvalue weighted by molar-refractivity contribution is 7.99. The second-order valence-corrected chi connectivity index (χ2v) is 8.65. The summed E-state index contributed by atoms with van der Waals surface area (Å²) in [5.41, 5.74) is 4.02. The summed E-state index contributed by atoms with van der Waals surface area (Å²) in [4.78, 5) is 16.0. The number of nitrogens with zero attached hydrogens (tertiary/aromatic N) is 3. The number of hydrogen-bond acceptors (Lipinski definition) is 5. The van der Waals surface area contributed by atoms with Gasteiger partial charge in [-0.2, -0.15) is 0 Å². The van der Waals surface area contributed by atoms with Gasteiger partial charge in [0, 0.05) is 15.5 Å². The Morgan fingerprint density at radius 3 is 2.59 bits per heavy atom. The molecule has 4 nitrogen and oxygen atoms in total. The Morgan fingerprint density at radius 1 is 0.966 bits per heavy atom. The normalized spacial score (nSPS) is 11.2. The zero-order chi connectivity index (χ0) is 20.2. The fourth-order valence-corrected chi connectivity index (χ4v) is 4.09. The van der Waals surface area contributed by atoms with Crippen molar-refractivity contribution in [1.82, 2.24) is 15.0 Å². The highest BCUT2D eigenvalue weighted by Gasteiger charge is 2.11. The van der Waals surface area contributed by atoms with Gasteiger partial charge in [-0.1, -0.05) is 49.9 Å². The van der Waals surface area contributed by atoms with Gasteiger partial charge < -0.3 is 5.32 Å². The number of benzene rings is 2. The van der Waals surface area contributed by atoms with Gasteiger partial charge in [-0.05, 0) is 61.2 Å². The molecule has 0 spiro atoms. The lowest BCUT2D eigenvalue weighted by atomic mass is 10.1. The summed E-state index contributed by atoms with van der Waals surface area (Å²) < 4.78 is 0. The van der Waals surface area contributed by atoms with Crippen LogP contribution in [-0.2, 0) is 6.42 Å². The molecule has 146 valence electrons. The molecule has 0 fully saturated rings. The Bertz CT molecular complexity index is 1130. The summed E-state index contributed by atoms with van der Waals surface area (Å²) >= 11 is 1.74. The van der Waals surface area contributed by atoms with Crippen LogP contribution in [0.4, 0.5) is 11.5 Å². The predicted molar refractivity (Wildman–Crippen MR) is 121 cm³/mol. The Morgan fingerprint density at radius 2 is 1.79 bits per heavy atom. The van der Waals surface area contributed by atoms with Crippen LogP contribution < -0.4 is 5.32 Å². The van der Waals surface area contributed by atoms with E-state index in [1.165, 1.54) is 10.5 Å². The lowest BCUT2D eigenvalue weighted by Gasteiger charge is -2.14. The SMILES string of the molecule is Cc1ccc(Sc2ccccc2)c(Nc2ncnc3nc(CC(C)C)ccc23)c1. The number of hydrogen-bond donors (Lipinski definition) is 1. The van der Waals surface area contributed by atoms with Gasteiger partial charge in [0.1, 0.15) is 12.1 Å². The van der Waals surface area contributed by atoms with Crippen LogP contribution in [0.1, 0.15) is 25.1 Å². The van der Waals surface area contributed by atoms with Crippen LogP contribution in [0.3, 0.4) is 0 Å². The van der Waals surface area contributed by atoms with Crippen LogP contribution >= 0.6 is 11.8 Å². The van der Waals surface area contributed by atoms with Crippen molar-refractivity contribution in [2.24, 2.45) is 5.92 Å². The molecule has 2 heterocycles. The van der Waals surface area contributed by atoms with Crippen molar-refractivity contribution >= 4 is 34.3 Å². The van der Waals surface area contributed by atoms with Crippen LogP contribution in [0, 0.1) is 12.8 Å². The third-order valence-corrected chi connectivity index (χ3v) is 5.62. The van der Waals surface area contributed by atoms with Crippen molar-refractivity contribution in [2.45, 2.75) is 37.0 Å². The van der Waals surface area contributed by atoms with E-state index in [1.54, 1.807) is 18.1 Å². The van der Waals surface area contributed by atoms with Gasteiger partial charge in [-0.15, -0.1) is 0 Å². The van der Waals surface area contributed by atoms with Crippen LogP contribution in [0.15, 0.2) is 76.8 Å². The smallest absolute Gasteiger partial charge is 0.164 e. The number of aromatic nitrogens is 3. The lowest BCUT2D eigenvalue weighted by molar-refractivity contribution is 0.636. The van der Waals surface area contributed by atoms with Crippen LogP contribution in [-0.4, -0.2) is 15.0 Å². The van der Waals surface area contributed by atoms with Gasteiger partial charge in [0.2, 0.25) is 0 Å². The summed E-state index contributed by atoms with van der Waals surface area (Å²) in [6.45, 7) is 6.49. The first kappa shape index (κ1) is 19.4. The average molecular weight is 401 g/mol. The summed E-state index contributed by atoms with van der Waals surface area (Å²) in [7, 11) is 0. The Kier molecular flexibility index (Phi) is 5.76. The van der Waals surface area contributed by atoms with E-state index in [0.29, 0.717) is 5.92 Å². The highest BCUT2D eigenvalue weighted by atomic mass is 32.2. The molecular formula is C24H24N4S. The molecule has 5 heteroatoms. The quantitative estimate of drug-likeness (QED) is 0.404. The van der Waals surface area contributed by atoms with Crippen molar-refractivity contribution in [2.75, 3.05) is 5.32 Å². The summed E-state index contributed by atoms with van der Waals surface area (Å²) in [5.74, 6) is 1.34. The van der Waals surface area contributed by atoms with E-state index in [9.17, 15) is 0 Å². The Labute approximate surface area is 175 Å². The van der Waals surface area contributed by atoms with Crippen molar-refractivity contribution < 1.29 is 0 Å². The van der Waals surface area contributed by atoms with Gasteiger partial charge in [0.15, 0.2) is 5.65 Å². The van der Waals surface area contributed by atoms with Gasteiger partial charge in [-0.3, -0.25) is 0 Å². The first-order valence-corrected chi connectivity index (χ1v) is 10.6. The van der Waals surface area contributed by atoms with E-state index in [1.807, 2.05) is 6.07 Å². The minimum absolute atomic E-state index is 0.559. The monoisotopic (exact) mass is 400 g/mol. The van der Waals surface area contributed by atoms with Gasteiger partial charge >= 0.3 is 0 Å². The average Bonchev–Trinajstić information content (AvgIpc) is 2.70. The van der Waals surface area contributed by atoms with Gasteiger partial charge in [0.25, 0.3) is 0 Å². The number of anilines is 2. The maximum atomic E-state index is 4.73. The second-order valence-electron chi connectivity index (χ2n) is 7.53. The van der Waals surface area contributed by atoms with Crippen LogP contribution in [0.2, 0.25) is 0 Å². The Balaban J connectivity index is 1.68. The topological polar surface area (TPSA) is 50.7 Å². The number of fused-ring (bicyclic) bond motifs is 1. The molecule has 0 amide bonds. The van der Waals surface area contributed by atoms with Crippen LogP contribution in [0.5, 0.6) is 0 Å². The maximum Gasteiger partial charge on any atom is 0.164 e. The molecule has 4 rings (SSSR count). The molecule has 4 aromatic rings. The van der Waals surface area contributed by atoms with Gasteiger partial charge in [-0.25, -0.2) is 15.0 Å². The molecule has 2 aromatic carbocycles. The molecule has 0 saturated heterocycles. The summed E-state index contributed by atoms with van der Waals surface area (Å²) in [6, 6.07) is 21.0. The number of pyridine rings is 1. The number of aryl methyl sites for hydroxylation is 1. The van der Waals surface area contributed by atoms with E-state index in [2.05, 4.69) is 90.7 Å². The molecular weight excluding hydrogens is 376 g/mol. The van der Waals surface area contributed by atoms with Crippen molar-refractivity contribution in [1.29, 1.82) is 0 Å². The minimum Gasteiger partial charge on any atom is -0.339 e. The summed E-state index contributed by atoms with van der Waals surface area (Å²) in [5, 5.41) is 4.45. The molecule has 1 N–H and O–H groups in total. The third-order valence-electron chi connectivity index (χ3n) is 4.53. The maximum absolute atomic E-state index is 4.73. The zero-order valence-electron chi connectivity index (χ0n) is 16.9. The molecule has 0 aliphatic rings. The van der Waals surface area contributed by atoms with Crippen LogP contribution in [0.25, 0.3) is 11.0 Å². The van der Waals surface area contributed by atoms with E-state index in [0.717, 1.165) is 39.5 Å². The van der Waals surface area contributed by atoms with E-state index < -0.39 is 0 Å². The predicted octanol–water partition coefficient (Wildman–Crippen LogP) is 6.43. The first-order chi connectivity index (χ1) is 14.1. The number of nitrogens with one attached hydrogen (secondary N) is 1. The minimum atomic E-state index is 0.559. The highest BCUT2D eigenvalue weighted by Crippen LogP contribution is 2.36. The molecule has 0 aliphatic carbocycles. The molecule has 2 aromatic heterocycles. The molecule has 0 atom stereocenters. The fraction of sp³-hybridized carbons (Fsp3) is 0.208. The molecule has 0 bridgehead atoms. The largest absolute Gasteiger partial charge is 0.339 e. The molecule has 0 aliphatic heterocycles. The van der Waals surface area contributed by atoms with Crippen molar-refractivity contribution in [3.8, 4) is 0 Å². The number of rotatable bonds is 6. The van der Waals surface area contributed by atoms with E-state index in [-0.39, 0.29) is 0 Å². The van der Waals surface area contributed by atoms with Crippen molar-refractivity contribution in [3.05, 3.63) is 78.2 Å². The van der Waals surface area contributed by atoms with Crippen molar-refractivity contribution in [3.63, 3.8) is 0 Å². The summed E-state index contributed by atoms with van der Waals surface area (Å²) in [6.07, 6.45) is 2.52. The Hall–Kier alpha value is -2.92.